The molecule has 4 heteroatoms. The Balaban J connectivity index is 3.06. The number of hydrogen-bond donors (Lipinski definition) is 0. The van der Waals surface area contributed by atoms with E-state index in [1.165, 1.54) is 18.2 Å². The summed E-state index contributed by atoms with van der Waals surface area (Å²) < 4.78 is 36.8. The van der Waals surface area contributed by atoms with E-state index in [-0.39, 0.29) is 11.5 Å². The van der Waals surface area contributed by atoms with Gasteiger partial charge in [-0.3, -0.25) is 4.79 Å². The summed E-state index contributed by atoms with van der Waals surface area (Å²) in [6.07, 6.45) is -4.81. The van der Waals surface area contributed by atoms with E-state index in [1.807, 2.05) is 20.8 Å². The molecule has 0 spiro atoms. The molecule has 17 heavy (non-hydrogen) atoms. The number of halogens is 3. The van der Waals surface area contributed by atoms with Crippen LogP contribution in [0.2, 0.25) is 0 Å². The Bertz CT molecular complexity index is 407. The molecule has 0 radical (unpaired) electrons. The zero-order chi connectivity index (χ0) is 13.2. The maximum Gasteiger partial charge on any atom is 0.454 e. The molecule has 1 nitrogen and oxygen atoms in total. The zero-order valence-electron chi connectivity index (χ0n) is 10.0. The van der Waals surface area contributed by atoms with Gasteiger partial charge in [-0.15, -0.1) is 0 Å². The fourth-order valence-corrected chi connectivity index (χ4v) is 1.51. The van der Waals surface area contributed by atoms with Crippen molar-refractivity contribution in [2.24, 2.45) is 5.92 Å². The van der Waals surface area contributed by atoms with Gasteiger partial charge < -0.3 is 0 Å². The molecule has 94 valence electrons. The number of benzene rings is 1. The molecule has 0 N–H and O–H groups in total. The lowest BCUT2D eigenvalue weighted by Gasteiger charge is -2.16. The highest BCUT2D eigenvalue weighted by atomic mass is 19.4. The number of carbonyl (C=O) groups is 1. The number of carbonyl (C=O) groups excluding carboxylic acids is 1. The topological polar surface area (TPSA) is 17.1 Å². The lowest BCUT2D eigenvalue weighted by atomic mass is 9.89. The summed E-state index contributed by atoms with van der Waals surface area (Å²) in [5, 5.41) is 0. The molecule has 0 aliphatic heterocycles. The molecule has 1 rings (SSSR count). The van der Waals surface area contributed by atoms with E-state index in [0.29, 0.717) is 5.92 Å². The minimum atomic E-state index is -4.81. The van der Waals surface area contributed by atoms with Crippen LogP contribution in [0.15, 0.2) is 24.3 Å². The summed E-state index contributed by atoms with van der Waals surface area (Å²) in [6, 6.07) is 5.78. The van der Waals surface area contributed by atoms with Crippen molar-refractivity contribution < 1.29 is 18.0 Å². The standard InChI is InChI=1S/C13H15F3O/c1-8(2)9(3)10-5-4-6-11(7-10)12(17)13(14,15)16/h4-9H,1-3H3. The van der Waals surface area contributed by atoms with Crippen LogP contribution in [-0.4, -0.2) is 12.0 Å². The fourth-order valence-electron chi connectivity index (χ4n) is 1.51. The Morgan fingerprint density at radius 2 is 1.76 bits per heavy atom. The van der Waals surface area contributed by atoms with Gasteiger partial charge in [0.1, 0.15) is 0 Å². The Kier molecular flexibility index (Phi) is 3.96. The molecule has 1 atom stereocenters. The highest BCUT2D eigenvalue weighted by Gasteiger charge is 2.39. The van der Waals surface area contributed by atoms with E-state index >= 15 is 0 Å². The SMILES string of the molecule is CC(C)C(C)c1cccc(C(=O)C(F)(F)F)c1. The van der Waals surface area contributed by atoms with Crippen molar-refractivity contribution in [2.75, 3.05) is 0 Å². The molecule has 0 aliphatic carbocycles. The number of Topliss-reactive ketones (excluding diaryl/α,β-unsaturated/α-hetero) is 1. The van der Waals surface area contributed by atoms with E-state index in [4.69, 9.17) is 0 Å². The van der Waals surface area contributed by atoms with Crippen molar-refractivity contribution in [3.63, 3.8) is 0 Å². The molecular formula is C13H15F3O. The first kappa shape index (κ1) is 13.7. The zero-order valence-corrected chi connectivity index (χ0v) is 10.0. The summed E-state index contributed by atoms with van der Waals surface area (Å²) in [5.41, 5.74) is 0.470. The molecule has 0 saturated carbocycles. The normalized spacial score (nSPS) is 13.8. The predicted molar refractivity (Wildman–Crippen MR) is 60.1 cm³/mol. The van der Waals surface area contributed by atoms with Gasteiger partial charge in [-0.05, 0) is 23.5 Å². The number of hydrogen-bond acceptors (Lipinski definition) is 1. The third-order valence-electron chi connectivity index (χ3n) is 2.93. The predicted octanol–water partition coefficient (Wildman–Crippen LogP) is 4.19. The lowest BCUT2D eigenvalue weighted by molar-refractivity contribution is -0.0885. The summed E-state index contributed by atoms with van der Waals surface area (Å²) in [5.74, 6) is -1.35. The van der Waals surface area contributed by atoms with Crippen molar-refractivity contribution >= 4 is 5.78 Å². The minimum absolute atomic E-state index is 0.121. The van der Waals surface area contributed by atoms with Gasteiger partial charge in [0.15, 0.2) is 0 Å². The van der Waals surface area contributed by atoms with Crippen molar-refractivity contribution in [1.29, 1.82) is 0 Å². The second kappa shape index (κ2) is 4.90. The van der Waals surface area contributed by atoms with Crippen molar-refractivity contribution in [1.82, 2.24) is 0 Å². The molecule has 0 amide bonds. The van der Waals surface area contributed by atoms with Gasteiger partial charge in [0.2, 0.25) is 0 Å². The highest BCUT2D eigenvalue weighted by Crippen LogP contribution is 2.27. The molecule has 0 bridgehead atoms. The van der Waals surface area contributed by atoms with Gasteiger partial charge in [-0.1, -0.05) is 39.0 Å². The first-order valence-corrected chi connectivity index (χ1v) is 5.45. The molecule has 0 fully saturated rings. The average molecular weight is 244 g/mol. The quantitative estimate of drug-likeness (QED) is 0.728. The third-order valence-corrected chi connectivity index (χ3v) is 2.93. The van der Waals surface area contributed by atoms with Crippen LogP contribution in [0.5, 0.6) is 0 Å². The van der Waals surface area contributed by atoms with E-state index in [0.717, 1.165) is 5.56 Å². The summed E-state index contributed by atoms with van der Waals surface area (Å²) in [7, 11) is 0. The van der Waals surface area contributed by atoms with Gasteiger partial charge in [0.05, 0.1) is 0 Å². The van der Waals surface area contributed by atoms with Crippen LogP contribution >= 0.6 is 0 Å². The molecular weight excluding hydrogens is 229 g/mol. The van der Waals surface area contributed by atoms with Crippen LogP contribution in [0.1, 0.15) is 42.6 Å². The van der Waals surface area contributed by atoms with Gasteiger partial charge >= 0.3 is 6.18 Å². The van der Waals surface area contributed by atoms with Crippen molar-refractivity contribution in [3.8, 4) is 0 Å². The molecule has 0 aromatic heterocycles. The van der Waals surface area contributed by atoms with Crippen LogP contribution in [-0.2, 0) is 0 Å². The Morgan fingerprint density at radius 3 is 2.24 bits per heavy atom. The monoisotopic (exact) mass is 244 g/mol. The lowest BCUT2D eigenvalue weighted by Crippen LogP contribution is -2.22. The van der Waals surface area contributed by atoms with Gasteiger partial charge in [0, 0.05) is 5.56 Å². The largest absolute Gasteiger partial charge is 0.454 e. The number of ketones is 1. The van der Waals surface area contributed by atoms with Crippen LogP contribution in [0.3, 0.4) is 0 Å². The summed E-state index contributed by atoms with van der Waals surface area (Å²) >= 11 is 0. The summed E-state index contributed by atoms with van der Waals surface area (Å²) in [6.45, 7) is 5.91. The van der Waals surface area contributed by atoms with Gasteiger partial charge in [-0.2, -0.15) is 13.2 Å². The third kappa shape index (κ3) is 3.32. The molecule has 1 unspecified atom stereocenters. The first-order valence-electron chi connectivity index (χ1n) is 5.45. The molecule has 0 heterocycles. The van der Waals surface area contributed by atoms with Crippen molar-refractivity contribution in [3.05, 3.63) is 35.4 Å². The summed E-state index contributed by atoms with van der Waals surface area (Å²) in [4.78, 5) is 11.1. The Morgan fingerprint density at radius 1 is 1.18 bits per heavy atom. The molecule has 0 saturated heterocycles. The maximum absolute atomic E-state index is 12.3. The first-order chi connectivity index (χ1) is 7.73. The van der Waals surface area contributed by atoms with Crippen LogP contribution in [0.4, 0.5) is 13.2 Å². The molecule has 1 aromatic rings. The maximum atomic E-state index is 12.3. The van der Waals surface area contributed by atoms with Crippen LogP contribution in [0.25, 0.3) is 0 Å². The second-order valence-corrected chi connectivity index (χ2v) is 4.49. The smallest absolute Gasteiger partial charge is 0.284 e. The minimum Gasteiger partial charge on any atom is -0.284 e. The van der Waals surface area contributed by atoms with E-state index in [9.17, 15) is 18.0 Å². The number of rotatable bonds is 3. The van der Waals surface area contributed by atoms with Crippen LogP contribution < -0.4 is 0 Å². The second-order valence-electron chi connectivity index (χ2n) is 4.49. The van der Waals surface area contributed by atoms with Crippen LogP contribution in [0, 0.1) is 5.92 Å². The van der Waals surface area contributed by atoms with Gasteiger partial charge in [-0.25, -0.2) is 0 Å². The number of alkyl halides is 3. The Labute approximate surface area is 98.6 Å². The van der Waals surface area contributed by atoms with E-state index in [1.54, 1.807) is 6.07 Å². The molecule has 1 aromatic carbocycles. The van der Waals surface area contributed by atoms with E-state index in [2.05, 4.69) is 0 Å². The fraction of sp³-hybridized carbons (Fsp3) is 0.462. The Hall–Kier alpha value is -1.32. The van der Waals surface area contributed by atoms with Crippen molar-refractivity contribution in [2.45, 2.75) is 32.9 Å². The average Bonchev–Trinajstić information content (AvgIpc) is 2.25. The van der Waals surface area contributed by atoms with E-state index < -0.39 is 12.0 Å². The molecule has 0 aliphatic rings. The van der Waals surface area contributed by atoms with Gasteiger partial charge in [0.25, 0.3) is 5.78 Å². The highest BCUT2D eigenvalue weighted by molar-refractivity contribution is 6.00.